The van der Waals surface area contributed by atoms with Crippen LogP contribution in [0.4, 0.5) is 5.82 Å². The summed E-state index contributed by atoms with van der Waals surface area (Å²) in [5.41, 5.74) is 5.96. The molecule has 0 saturated carbocycles. The summed E-state index contributed by atoms with van der Waals surface area (Å²) in [4.78, 5) is 11.2. The quantitative estimate of drug-likeness (QED) is 0.919. The molecule has 0 amide bonds. The van der Waals surface area contributed by atoms with Gasteiger partial charge in [0.1, 0.15) is 16.5 Å². The second-order valence-electron chi connectivity index (χ2n) is 4.13. The second-order valence-corrected chi connectivity index (χ2v) is 6.79. The van der Waals surface area contributed by atoms with Crippen molar-refractivity contribution in [3.63, 3.8) is 0 Å². The Kier molecular flexibility index (Phi) is 3.89. The molecule has 0 aliphatic heterocycles. The zero-order chi connectivity index (χ0) is 12.4. The topological polar surface area (TPSA) is 51.8 Å². The normalized spacial score (nSPS) is 13.1. The third-order valence-electron chi connectivity index (χ3n) is 2.66. The Labute approximate surface area is 110 Å². The van der Waals surface area contributed by atoms with Gasteiger partial charge in [-0.05, 0) is 19.4 Å². The van der Waals surface area contributed by atoms with Crippen molar-refractivity contribution in [2.45, 2.75) is 38.2 Å². The predicted molar refractivity (Wildman–Crippen MR) is 77.6 cm³/mol. The number of fused-ring (bicyclic) bond motifs is 1. The number of rotatable bonds is 4. The molecular weight excluding hydrogens is 250 g/mol. The Balaban J connectivity index is 2.24. The molecule has 0 saturated heterocycles. The van der Waals surface area contributed by atoms with Crippen LogP contribution in [0.3, 0.4) is 0 Å². The largest absolute Gasteiger partial charge is 0.383 e. The van der Waals surface area contributed by atoms with Crippen LogP contribution in [0.2, 0.25) is 0 Å². The van der Waals surface area contributed by atoms with Crippen LogP contribution < -0.4 is 5.73 Å². The average Bonchev–Trinajstić information content (AvgIpc) is 2.67. The lowest BCUT2D eigenvalue weighted by atomic mass is 10.3. The van der Waals surface area contributed by atoms with E-state index in [1.54, 1.807) is 11.3 Å². The number of nitrogen functional groups attached to an aromatic ring is 1. The fraction of sp³-hybridized carbons (Fsp3) is 0.500. The number of aromatic nitrogens is 2. The van der Waals surface area contributed by atoms with E-state index in [1.807, 2.05) is 11.8 Å². The first-order chi connectivity index (χ1) is 8.10. The van der Waals surface area contributed by atoms with Crippen LogP contribution >= 0.6 is 23.1 Å². The maximum atomic E-state index is 5.96. The summed E-state index contributed by atoms with van der Waals surface area (Å²) in [6, 6.07) is 2.06. The number of anilines is 1. The molecule has 1 unspecified atom stereocenters. The molecule has 3 nitrogen and oxygen atoms in total. The predicted octanol–water partition coefficient (Wildman–Crippen LogP) is 3.61. The summed E-state index contributed by atoms with van der Waals surface area (Å²) in [7, 11) is 0. The number of thiophene rings is 1. The van der Waals surface area contributed by atoms with Gasteiger partial charge in [-0.1, -0.05) is 13.8 Å². The van der Waals surface area contributed by atoms with Gasteiger partial charge in [-0.3, -0.25) is 0 Å². The van der Waals surface area contributed by atoms with Gasteiger partial charge >= 0.3 is 0 Å². The van der Waals surface area contributed by atoms with Crippen LogP contribution in [0.1, 0.15) is 31.0 Å². The standard InChI is InChI=1S/C12H17N3S2/c1-4-7(2)16-6-10-14-11(13)9-5-8(3)17-12(9)15-10/h5,7H,4,6H2,1-3H3,(H2,13,14,15). The third-order valence-corrected chi connectivity index (χ3v) is 4.94. The number of hydrogen-bond acceptors (Lipinski definition) is 5. The van der Waals surface area contributed by atoms with E-state index in [9.17, 15) is 0 Å². The van der Waals surface area contributed by atoms with Crippen molar-refractivity contribution in [3.05, 3.63) is 16.8 Å². The highest BCUT2D eigenvalue weighted by Gasteiger charge is 2.09. The lowest BCUT2D eigenvalue weighted by Crippen LogP contribution is -2.01. The van der Waals surface area contributed by atoms with Crippen molar-refractivity contribution in [2.24, 2.45) is 0 Å². The van der Waals surface area contributed by atoms with Gasteiger partial charge in [0.25, 0.3) is 0 Å². The first-order valence-electron chi connectivity index (χ1n) is 5.74. The smallest absolute Gasteiger partial charge is 0.142 e. The van der Waals surface area contributed by atoms with E-state index in [0.29, 0.717) is 11.1 Å². The molecule has 92 valence electrons. The zero-order valence-electron chi connectivity index (χ0n) is 10.4. The molecular formula is C12H17N3S2. The summed E-state index contributed by atoms with van der Waals surface area (Å²) >= 11 is 3.56. The molecule has 1 atom stereocenters. The molecule has 0 fully saturated rings. The maximum Gasteiger partial charge on any atom is 0.142 e. The van der Waals surface area contributed by atoms with Gasteiger partial charge in [0, 0.05) is 10.1 Å². The van der Waals surface area contributed by atoms with Gasteiger partial charge in [0.05, 0.1) is 11.1 Å². The number of aryl methyl sites for hydroxylation is 1. The van der Waals surface area contributed by atoms with Gasteiger partial charge in [0.2, 0.25) is 0 Å². The molecule has 0 spiro atoms. The monoisotopic (exact) mass is 267 g/mol. The van der Waals surface area contributed by atoms with Crippen molar-refractivity contribution in [3.8, 4) is 0 Å². The van der Waals surface area contributed by atoms with E-state index in [1.165, 1.54) is 11.3 Å². The van der Waals surface area contributed by atoms with E-state index in [0.717, 1.165) is 21.8 Å². The van der Waals surface area contributed by atoms with Crippen LogP contribution in [0, 0.1) is 6.92 Å². The van der Waals surface area contributed by atoms with Crippen LogP contribution in [0.5, 0.6) is 0 Å². The molecule has 2 aromatic heterocycles. The Morgan fingerprint density at radius 2 is 2.24 bits per heavy atom. The Hall–Kier alpha value is -0.810. The molecule has 0 bridgehead atoms. The van der Waals surface area contributed by atoms with Gasteiger partial charge in [-0.25, -0.2) is 9.97 Å². The van der Waals surface area contributed by atoms with Crippen molar-refractivity contribution < 1.29 is 0 Å². The minimum Gasteiger partial charge on any atom is -0.383 e. The Morgan fingerprint density at radius 3 is 2.94 bits per heavy atom. The van der Waals surface area contributed by atoms with Crippen molar-refractivity contribution in [1.82, 2.24) is 9.97 Å². The molecule has 2 rings (SSSR count). The SMILES string of the molecule is CCC(C)SCc1nc(N)c2cc(C)sc2n1. The molecule has 5 heteroatoms. The first-order valence-corrected chi connectivity index (χ1v) is 7.60. The van der Waals surface area contributed by atoms with E-state index in [2.05, 4.69) is 36.8 Å². The lowest BCUT2D eigenvalue weighted by molar-refractivity contribution is 0.902. The van der Waals surface area contributed by atoms with E-state index in [-0.39, 0.29) is 0 Å². The van der Waals surface area contributed by atoms with E-state index >= 15 is 0 Å². The van der Waals surface area contributed by atoms with E-state index < -0.39 is 0 Å². The van der Waals surface area contributed by atoms with E-state index in [4.69, 9.17) is 5.73 Å². The molecule has 0 aliphatic carbocycles. The van der Waals surface area contributed by atoms with Gasteiger partial charge < -0.3 is 5.73 Å². The second kappa shape index (κ2) is 5.23. The molecule has 0 aromatic carbocycles. The molecule has 2 aromatic rings. The van der Waals surface area contributed by atoms with Crippen LogP contribution in [0.25, 0.3) is 10.2 Å². The van der Waals surface area contributed by atoms with Gasteiger partial charge in [-0.2, -0.15) is 11.8 Å². The number of nitrogens with two attached hydrogens (primary N) is 1. The van der Waals surface area contributed by atoms with Crippen molar-refractivity contribution in [1.29, 1.82) is 0 Å². The van der Waals surface area contributed by atoms with Crippen molar-refractivity contribution >= 4 is 39.1 Å². The molecule has 0 aliphatic rings. The Bertz CT molecular complexity index is 522. The highest BCUT2D eigenvalue weighted by molar-refractivity contribution is 7.99. The number of thioether (sulfide) groups is 1. The molecule has 0 radical (unpaired) electrons. The minimum atomic E-state index is 0.610. The minimum absolute atomic E-state index is 0.610. The maximum absolute atomic E-state index is 5.96. The summed E-state index contributed by atoms with van der Waals surface area (Å²) in [5, 5.41) is 1.63. The zero-order valence-corrected chi connectivity index (χ0v) is 12.0. The lowest BCUT2D eigenvalue weighted by Gasteiger charge is -2.07. The number of hydrogen-bond donors (Lipinski definition) is 1. The first kappa shape index (κ1) is 12.6. The van der Waals surface area contributed by atoms with Crippen molar-refractivity contribution in [2.75, 3.05) is 5.73 Å². The fourth-order valence-corrected chi connectivity index (χ4v) is 3.21. The van der Waals surface area contributed by atoms with Crippen LogP contribution in [0.15, 0.2) is 6.07 Å². The highest BCUT2D eigenvalue weighted by atomic mass is 32.2. The van der Waals surface area contributed by atoms with Gasteiger partial charge in [0.15, 0.2) is 0 Å². The molecule has 2 N–H and O–H groups in total. The highest BCUT2D eigenvalue weighted by Crippen LogP contribution is 2.28. The molecule has 2 heterocycles. The Morgan fingerprint density at radius 1 is 1.47 bits per heavy atom. The average molecular weight is 267 g/mol. The molecule has 17 heavy (non-hydrogen) atoms. The summed E-state index contributed by atoms with van der Waals surface area (Å²) in [6.07, 6.45) is 1.17. The summed E-state index contributed by atoms with van der Waals surface area (Å²) in [6.45, 7) is 6.49. The van der Waals surface area contributed by atoms with Gasteiger partial charge in [-0.15, -0.1) is 11.3 Å². The van der Waals surface area contributed by atoms with Crippen LogP contribution in [-0.4, -0.2) is 15.2 Å². The number of nitrogens with zero attached hydrogens (tertiary/aromatic N) is 2. The summed E-state index contributed by atoms with van der Waals surface area (Å²) < 4.78 is 0. The third kappa shape index (κ3) is 2.90. The van der Waals surface area contributed by atoms with Crippen LogP contribution in [-0.2, 0) is 5.75 Å². The fourth-order valence-electron chi connectivity index (χ4n) is 1.51. The summed E-state index contributed by atoms with van der Waals surface area (Å²) in [5.74, 6) is 2.30.